The minimum absolute atomic E-state index is 0.0345. The van der Waals surface area contributed by atoms with Gasteiger partial charge in [-0.2, -0.15) is 5.10 Å². The fourth-order valence-electron chi connectivity index (χ4n) is 3.01. The van der Waals surface area contributed by atoms with E-state index >= 15 is 0 Å². The van der Waals surface area contributed by atoms with Gasteiger partial charge in [-0.3, -0.25) is 0 Å². The summed E-state index contributed by atoms with van der Waals surface area (Å²) in [6.45, 7) is 1.92. The van der Waals surface area contributed by atoms with Crippen LogP contribution in [0.15, 0.2) is 42.5 Å². The molecule has 3 rings (SSSR count). The van der Waals surface area contributed by atoms with Crippen LogP contribution in [0.5, 0.6) is 0 Å². The molecule has 0 bridgehead atoms. The second-order valence-electron chi connectivity index (χ2n) is 6.57. The molecule has 2 aromatic rings. The third-order valence-corrected chi connectivity index (χ3v) is 6.57. The first-order valence-corrected chi connectivity index (χ1v) is 11.1. The highest BCUT2D eigenvalue weighted by molar-refractivity contribution is 7.91. The van der Waals surface area contributed by atoms with E-state index < -0.39 is 15.8 Å². The lowest BCUT2D eigenvalue weighted by Crippen LogP contribution is -2.12. The van der Waals surface area contributed by atoms with Gasteiger partial charge in [0.2, 0.25) is 0 Å². The molecular formula is C20H21ClN2O4S. The molecule has 1 aliphatic heterocycles. The summed E-state index contributed by atoms with van der Waals surface area (Å²) in [4.78, 5) is 11.9. The average molecular weight is 421 g/mol. The summed E-state index contributed by atoms with van der Waals surface area (Å²) >= 11 is 6.37. The second kappa shape index (κ2) is 8.75. The second-order valence-corrected chi connectivity index (χ2v) is 9.15. The fraction of sp³-hybridized carbons (Fsp3) is 0.300. The molecule has 1 atom stereocenters. The molecule has 0 radical (unpaired) electrons. The summed E-state index contributed by atoms with van der Waals surface area (Å²) in [7, 11) is -3.04. The summed E-state index contributed by atoms with van der Waals surface area (Å²) in [6, 6.07) is 9.44. The average Bonchev–Trinajstić information content (AvgIpc) is 3.16. The van der Waals surface area contributed by atoms with Crippen molar-refractivity contribution in [1.82, 2.24) is 9.78 Å². The number of nitrogens with zero attached hydrogens (tertiary/aromatic N) is 2. The number of ether oxygens (including phenoxy) is 1. The molecule has 148 valence electrons. The number of rotatable bonds is 6. The van der Waals surface area contributed by atoms with Crippen molar-refractivity contribution >= 4 is 39.6 Å². The van der Waals surface area contributed by atoms with Crippen molar-refractivity contribution in [2.75, 3.05) is 18.1 Å². The molecule has 0 spiro atoms. The summed E-state index contributed by atoms with van der Waals surface area (Å²) in [5.41, 5.74) is 2.24. The predicted molar refractivity (Wildman–Crippen MR) is 110 cm³/mol. The van der Waals surface area contributed by atoms with E-state index in [1.807, 2.05) is 36.4 Å². The Morgan fingerprint density at radius 1 is 1.32 bits per heavy atom. The standard InChI is InChI=1S/C20H21ClN2O4S/c1-15-18(20(21)23(22-15)17-11-13-28(25,26)14-17)9-10-19(24)27-12-5-8-16-6-3-2-4-7-16/h2-10,17H,11-14H2,1H3/b8-5+,10-9+/t17-/m1/s1. The van der Waals surface area contributed by atoms with Crippen LogP contribution in [0, 0.1) is 6.92 Å². The van der Waals surface area contributed by atoms with E-state index in [0.29, 0.717) is 22.8 Å². The number of hydrogen-bond donors (Lipinski definition) is 0. The normalized spacial score (nSPS) is 18.9. The zero-order chi connectivity index (χ0) is 20.1. The number of benzene rings is 1. The van der Waals surface area contributed by atoms with Crippen LogP contribution < -0.4 is 0 Å². The lowest BCUT2D eigenvalue weighted by atomic mass is 10.2. The molecule has 28 heavy (non-hydrogen) atoms. The van der Waals surface area contributed by atoms with Gasteiger partial charge in [-0.05, 0) is 31.1 Å². The molecule has 0 saturated carbocycles. The molecule has 0 amide bonds. The van der Waals surface area contributed by atoms with E-state index in [-0.39, 0.29) is 24.2 Å². The molecule has 0 N–H and O–H groups in total. The van der Waals surface area contributed by atoms with E-state index in [1.165, 1.54) is 10.8 Å². The molecule has 1 aliphatic rings. The van der Waals surface area contributed by atoms with Gasteiger partial charge in [-0.1, -0.05) is 48.0 Å². The Balaban J connectivity index is 1.59. The Morgan fingerprint density at radius 2 is 2.07 bits per heavy atom. The number of sulfone groups is 1. The van der Waals surface area contributed by atoms with Gasteiger partial charge >= 0.3 is 5.97 Å². The van der Waals surface area contributed by atoms with E-state index in [0.717, 1.165) is 5.56 Å². The number of carbonyl (C=O) groups excluding carboxylic acids is 1. The maximum atomic E-state index is 11.9. The number of aryl methyl sites for hydroxylation is 1. The first-order valence-electron chi connectivity index (χ1n) is 8.87. The molecule has 1 aromatic heterocycles. The smallest absolute Gasteiger partial charge is 0.331 e. The van der Waals surface area contributed by atoms with Gasteiger partial charge in [-0.15, -0.1) is 0 Å². The van der Waals surface area contributed by atoms with Crippen LogP contribution >= 0.6 is 11.6 Å². The van der Waals surface area contributed by atoms with Gasteiger partial charge in [0.05, 0.1) is 23.2 Å². The zero-order valence-corrected chi connectivity index (χ0v) is 17.0. The molecule has 0 aliphatic carbocycles. The summed E-state index contributed by atoms with van der Waals surface area (Å²) in [6.07, 6.45) is 6.97. The van der Waals surface area contributed by atoms with E-state index in [4.69, 9.17) is 16.3 Å². The lowest BCUT2D eigenvalue weighted by Gasteiger charge is -2.09. The van der Waals surface area contributed by atoms with Crippen LogP contribution in [0.1, 0.15) is 29.3 Å². The molecule has 2 heterocycles. The lowest BCUT2D eigenvalue weighted by molar-refractivity contribution is -0.136. The molecular weight excluding hydrogens is 400 g/mol. The van der Waals surface area contributed by atoms with E-state index in [1.54, 1.807) is 19.1 Å². The predicted octanol–water partition coefficient (Wildman–Crippen LogP) is 3.47. The molecule has 1 aromatic carbocycles. The number of carbonyl (C=O) groups is 1. The highest BCUT2D eigenvalue weighted by Crippen LogP contribution is 2.30. The van der Waals surface area contributed by atoms with Crippen LogP contribution in [-0.4, -0.2) is 42.3 Å². The highest BCUT2D eigenvalue weighted by atomic mass is 35.5. The summed E-state index contributed by atoms with van der Waals surface area (Å²) < 4.78 is 30.0. The van der Waals surface area contributed by atoms with Crippen molar-refractivity contribution in [3.8, 4) is 0 Å². The van der Waals surface area contributed by atoms with E-state index in [2.05, 4.69) is 5.10 Å². The largest absolute Gasteiger partial charge is 0.458 e. The number of hydrogen-bond acceptors (Lipinski definition) is 5. The van der Waals surface area contributed by atoms with Gasteiger partial charge in [0.1, 0.15) is 11.8 Å². The third kappa shape index (κ3) is 5.11. The van der Waals surface area contributed by atoms with Gasteiger partial charge in [0, 0.05) is 11.6 Å². The van der Waals surface area contributed by atoms with Crippen molar-refractivity contribution < 1.29 is 17.9 Å². The quantitative estimate of drug-likeness (QED) is 0.528. The first kappa shape index (κ1) is 20.4. The SMILES string of the molecule is Cc1nn([C@@H]2CCS(=O)(=O)C2)c(Cl)c1/C=C/C(=O)OC/C=C/c1ccccc1. The molecule has 8 heteroatoms. The number of halogens is 1. The van der Waals surface area contributed by atoms with Crippen molar-refractivity contribution in [2.45, 2.75) is 19.4 Å². The maximum Gasteiger partial charge on any atom is 0.331 e. The molecule has 1 saturated heterocycles. The minimum Gasteiger partial charge on any atom is -0.458 e. The summed E-state index contributed by atoms with van der Waals surface area (Å²) in [5, 5.41) is 4.68. The monoisotopic (exact) mass is 420 g/mol. The van der Waals surface area contributed by atoms with Crippen LogP contribution in [-0.2, 0) is 19.4 Å². The van der Waals surface area contributed by atoms with Crippen molar-refractivity contribution in [3.05, 3.63) is 64.5 Å². The highest BCUT2D eigenvalue weighted by Gasteiger charge is 2.31. The molecule has 6 nitrogen and oxygen atoms in total. The van der Waals surface area contributed by atoms with Crippen molar-refractivity contribution in [2.24, 2.45) is 0 Å². The van der Waals surface area contributed by atoms with Crippen LogP contribution in [0.25, 0.3) is 12.2 Å². The summed E-state index contributed by atoms with van der Waals surface area (Å²) in [5.74, 6) is -0.322. The Morgan fingerprint density at radius 3 is 2.75 bits per heavy atom. The Hall–Kier alpha value is -2.38. The van der Waals surface area contributed by atoms with Gasteiger partial charge in [-0.25, -0.2) is 17.9 Å². The van der Waals surface area contributed by atoms with Crippen molar-refractivity contribution in [1.29, 1.82) is 0 Å². The number of aromatic nitrogens is 2. The minimum atomic E-state index is -3.04. The van der Waals surface area contributed by atoms with Crippen LogP contribution in [0.3, 0.4) is 0 Å². The van der Waals surface area contributed by atoms with Gasteiger partial charge in [0.25, 0.3) is 0 Å². The Kier molecular flexibility index (Phi) is 6.36. The van der Waals surface area contributed by atoms with E-state index in [9.17, 15) is 13.2 Å². The third-order valence-electron chi connectivity index (χ3n) is 4.44. The Bertz CT molecular complexity index is 1010. The molecule has 0 unspecified atom stereocenters. The Labute approximate surface area is 169 Å². The first-order chi connectivity index (χ1) is 13.4. The van der Waals surface area contributed by atoms with Gasteiger partial charge in [0.15, 0.2) is 9.84 Å². The van der Waals surface area contributed by atoms with Crippen LogP contribution in [0.2, 0.25) is 5.15 Å². The van der Waals surface area contributed by atoms with Crippen molar-refractivity contribution in [3.63, 3.8) is 0 Å². The van der Waals surface area contributed by atoms with Gasteiger partial charge < -0.3 is 4.74 Å². The molecule has 1 fully saturated rings. The topological polar surface area (TPSA) is 78.3 Å². The number of esters is 1. The van der Waals surface area contributed by atoms with Crippen LogP contribution in [0.4, 0.5) is 0 Å². The maximum absolute atomic E-state index is 11.9. The fourth-order valence-corrected chi connectivity index (χ4v) is 5.08. The zero-order valence-electron chi connectivity index (χ0n) is 15.4.